The second-order valence-electron chi connectivity index (χ2n) is 3.88. The van der Waals surface area contributed by atoms with Crippen LogP contribution in [0.25, 0.3) is 0 Å². The Morgan fingerprint density at radius 1 is 1.31 bits per heavy atom. The molecular formula is C10H19NO2. The van der Waals surface area contributed by atoms with Crippen LogP contribution in [-0.2, 0) is 9.53 Å². The van der Waals surface area contributed by atoms with Gasteiger partial charge in [0.2, 0.25) is 0 Å². The van der Waals surface area contributed by atoms with Crippen molar-refractivity contribution >= 4 is 5.97 Å². The van der Waals surface area contributed by atoms with E-state index in [1.165, 1.54) is 19.3 Å². The molecule has 3 nitrogen and oxygen atoms in total. The molecule has 0 bridgehead atoms. The number of rotatable bonds is 3. The fourth-order valence-electron chi connectivity index (χ4n) is 1.60. The number of carbonyl (C=O) groups excluding carboxylic acids is 1. The first-order chi connectivity index (χ1) is 6.18. The largest absolute Gasteiger partial charge is 0.462 e. The summed E-state index contributed by atoms with van der Waals surface area (Å²) < 4.78 is 5.07. The number of nitrogens with zero attached hydrogens (tertiary/aromatic N) is 1. The lowest BCUT2D eigenvalue weighted by molar-refractivity contribution is -0.148. The zero-order valence-electron chi connectivity index (χ0n) is 8.58. The van der Waals surface area contributed by atoms with E-state index in [2.05, 4.69) is 4.90 Å². The van der Waals surface area contributed by atoms with E-state index in [1.54, 1.807) is 0 Å². The smallest absolute Gasteiger partial charge is 0.320 e. The minimum absolute atomic E-state index is 0.0114. The predicted octanol–water partition coefficient (Wildman–Crippen LogP) is 1.42. The maximum absolute atomic E-state index is 11.3. The minimum atomic E-state index is -0.0862. The lowest BCUT2D eigenvalue weighted by atomic mass is 10.1. The fraction of sp³-hybridized carbons (Fsp3) is 0.900. The van der Waals surface area contributed by atoms with Gasteiger partial charge in [0, 0.05) is 0 Å². The maximum atomic E-state index is 11.3. The third-order valence-electron chi connectivity index (χ3n) is 2.17. The molecule has 1 rings (SSSR count). The average molecular weight is 185 g/mol. The SMILES string of the molecule is CC(C)OC(=O)CN1CCCCC1. The molecule has 1 fully saturated rings. The molecule has 3 heteroatoms. The molecule has 0 aromatic carbocycles. The first-order valence-corrected chi connectivity index (χ1v) is 5.10. The van der Waals surface area contributed by atoms with E-state index in [1.807, 2.05) is 13.8 Å². The molecule has 0 N–H and O–H groups in total. The monoisotopic (exact) mass is 185 g/mol. The van der Waals surface area contributed by atoms with Crippen LogP contribution in [0.15, 0.2) is 0 Å². The third-order valence-corrected chi connectivity index (χ3v) is 2.17. The Bertz CT molecular complexity index is 162. The summed E-state index contributed by atoms with van der Waals surface area (Å²) in [5, 5.41) is 0. The van der Waals surface area contributed by atoms with E-state index in [-0.39, 0.29) is 12.1 Å². The quantitative estimate of drug-likeness (QED) is 0.623. The summed E-state index contributed by atoms with van der Waals surface area (Å²) in [4.78, 5) is 13.4. The van der Waals surface area contributed by atoms with Crippen molar-refractivity contribution in [1.29, 1.82) is 0 Å². The van der Waals surface area contributed by atoms with Crippen molar-refractivity contribution in [2.45, 2.75) is 39.2 Å². The molecule has 0 unspecified atom stereocenters. The van der Waals surface area contributed by atoms with Crippen molar-refractivity contribution in [2.75, 3.05) is 19.6 Å². The number of hydrogen-bond donors (Lipinski definition) is 0. The van der Waals surface area contributed by atoms with Crippen LogP contribution < -0.4 is 0 Å². The highest BCUT2D eigenvalue weighted by molar-refractivity contribution is 5.71. The second-order valence-corrected chi connectivity index (χ2v) is 3.88. The van der Waals surface area contributed by atoms with Gasteiger partial charge < -0.3 is 4.74 Å². The van der Waals surface area contributed by atoms with Gasteiger partial charge in [-0.15, -0.1) is 0 Å². The number of piperidine rings is 1. The van der Waals surface area contributed by atoms with Gasteiger partial charge in [-0.05, 0) is 39.8 Å². The number of esters is 1. The fourth-order valence-corrected chi connectivity index (χ4v) is 1.60. The Balaban J connectivity index is 2.18. The first kappa shape index (κ1) is 10.5. The lowest BCUT2D eigenvalue weighted by Crippen LogP contribution is -2.35. The number of hydrogen-bond acceptors (Lipinski definition) is 3. The topological polar surface area (TPSA) is 29.5 Å². The van der Waals surface area contributed by atoms with Crippen LogP contribution in [0.1, 0.15) is 33.1 Å². The summed E-state index contributed by atoms with van der Waals surface area (Å²) in [5.74, 6) is -0.0862. The number of likely N-dealkylation sites (tertiary alicyclic amines) is 1. The molecule has 13 heavy (non-hydrogen) atoms. The Hall–Kier alpha value is -0.570. The van der Waals surface area contributed by atoms with Crippen molar-refractivity contribution in [3.63, 3.8) is 0 Å². The molecule has 76 valence electrons. The summed E-state index contributed by atoms with van der Waals surface area (Å²) in [6, 6.07) is 0. The van der Waals surface area contributed by atoms with Gasteiger partial charge >= 0.3 is 5.97 Å². The first-order valence-electron chi connectivity index (χ1n) is 5.10. The van der Waals surface area contributed by atoms with Gasteiger partial charge in [0.1, 0.15) is 0 Å². The van der Waals surface area contributed by atoms with Gasteiger partial charge in [-0.3, -0.25) is 9.69 Å². The van der Waals surface area contributed by atoms with E-state index in [0.29, 0.717) is 6.54 Å². The van der Waals surface area contributed by atoms with E-state index >= 15 is 0 Å². The Kier molecular flexibility index (Phi) is 4.22. The predicted molar refractivity (Wildman–Crippen MR) is 51.5 cm³/mol. The molecule has 1 saturated heterocycles. The van der Waals surface area contributed by atoms with Crippen molar-refractivity contribution in [2.24, 2.45) is 0 Å². The van der Waals surface area contributed by atoms with Crippen LogP contribution in [0.5, 0.6) is 0 Å². The van der Waals surface area contributed by atoms with Crippen molar-refractivity contribution in [1.82, 2.24) is 4.90 Å². The molecule has 0 spiro atoms. The number of ether oxygens (including phenoxy) is 1. The van der Waals surface area contributed by atoms with E-state index in [4.69, 9.17) is 4.74 Å². The molecular weight excluding hydrogens is 166 g/mol. The van der Waals surface area contributed by atoms with Crippen LogP contribution >= 0.6 is 0 Å². The summed E-state index contributed by atoms with van der Waals surface area (Å²) in [7, 11) is 0. The molecule has 0 aromatic heterocycles. The van der Waals surface area contributed by atoms with Crippen molar-refractivity contribution < 1.29 is 9.53 Å². The molecule has 1 aliphatic rings. The van der Waals surface area contributed by atoms with Crippen LogP contribution in [0.2, 0.25) is 0 Å². The highest BCUT2D eigenvalue weighted by Gasteiger charge is 2.14. The summed E-state index contributed by atoms with van der Waals surface area (Å²) >= 11 is 0. The average Bonchev–Trinajstić information content (AvgIpc) is 2.04. The Morgan fingerprint density at radius 3 is 2.46 bits per heavy atom. The van der Waals surface area contributed by atoms with E-state index in [9.17, 15) is 4.79 Å². The minimum Gasteiger partial charge on any atom is -0.462 e. The zero-order valence-corrected chi connectivity index (χ0v) is 8.58. The van der Waals surface area contributed by atoms with Gasteiger partial charge in [0.05, 0.1) is 12.6 Å². The second kappa shape index (κ2) is 5.22. The Morgan fingerprint density at radius 2 is 1.92 bits per heavy atom. The highest BCUT2D eigenvalue weighted by atomic mass is 16.5. The van der Waals surface area contributed by atoms with Gasteiger partial charge in [-0.2, -0.15) is 0 Å². The lowest BCUT2D eigenvalue weighted by Gasteiger charge is -2.25. The van der Waals surface area contributed by atoms with E-state index in [0.717, 1.165) is 13.1 Å². The molecule has 0 aliphatic carbocycles. The molecule has 1 aliphatic heterocycles. The Labute approximate surface area is 80.1 Å². The summed E-state index contributed by atoms with van der Waals surface area (Å²) in [5.41, 5.74) is 0. The molecule has 0 atom stereocenters. The maximum Gasteiger partial charge on any atom is 0.320 e. The zero-order chi connectivity index (χ0) is 9.68. The molecule has 0 radical (unpaired) electrons. The van der Waals surface area contributed by atoms with E-state index < -0.39 is 0 Å². The highest BCUT2D eigenvalue weighted by Crippen LogP contribution is 2.08. The summed E-state index contributed by atoms with van der Waals surface area (Å²) in [6.45, 7) is 6.33. The van der Waals surface area contributed by atoms with Crippen LogP contribution in [0.3, 0.4) is 0 Å². The van der Waals surface area contributed by atoms with Gasteiger partial charge in [0.15, 0.2) is 0 Å². The van der Waals surface area contributed by atoms with Crippen LogP contribution in [0, 0.1) is 0 Å². The third kappa shape index (κ3) is 4.27. The number of carbonyl (C=O) groups is 1. The molecule has 0 amide bonds. The summed E-state index contributed by atoms with van der Waals surface area (Å²) in [6.07, 6.45) is 3.75. The van der Waals surface area contributed by atoms with Crippen molar-refractivity contribution in [3.05, 3.63) is 0 Å². The standard InChI is InChI=1S/C10H19NO2/c1-9(2)13-10(12)8-11-6-4-3-5-7-11/h9H,3-8H2,1-2H3. The molecule has 0 aromatic rings. The van der Waals surface area contributed by atoms with Gasteiger partial charge in [0.25, 0.3) is 0 Å². The normalized spacial score (nSPS) is 19.0. The molecule has 0 saturated carbocycles. The van der Waals surface area contributed by atoms with Crippen LogP contribution in [-0.4, -0.2) is 36.6 Å². The van der Waals surface area contributed by atoms with Gasteiger partial charge in [-0.1, -0.05) is 6.42 Å². The van der Waals surface area contributed by atoms with Crippen LogP contribution in [0.4, 0.5) is 0 Å². The molecule has 1 heterocycles. The van der Waals surface area contributed by atoms with Gasteiger partial charge in [-0.25, -0.2) is 0 Å². The van der Waals surface area contributed by atoms with Crippen molar-refractivity contribution in [3.8, 4) is 0 Å².